The molecule has 0 aromatic heterocycles. The first kappa shape index (κ1) is 16.5. The number of aryl methyl sites for hydroxylation is 1. The quantitative estimate of drug-likeness (QED) is 0.787. The van der Waals surface area contributed by atoms with Gasteiger partial charge < -0.3 is 20.3 Å². The number of aliphatic hydroxyl groups excluding tert-OH is 2. The second-order valence-electron chi connectivity index (χ2n) is 5.81. The number of alkyl carbamates (subject to hydrolysis) is 1. The van der Waals surface area contributed by atoms with Crippen LogP contribution in [0.5, 0.6) is 0 Å². The average molecular weight is 281 g/mol. The van der Waals surface area contributed by atoms with E-state index in [1.54, 1.807) is 32.9 Å². The lowest BCUT2D eigenvalue weighted by atomic mass is 10.0. The first-order valence-electron chi connectivity index (χ1n) is 6.58. The third kappa shape index (κ3) is 5.59. The number of carbonyl (C=O) groups is 1. The number of carbonyl (C=O) groups excluding carboxylic acids is 1. The molecule has 3 N–H and O–H groups in total. The molecule has 0 saturated heterocycles. The van der Waals surface area contributed by atoms with Crippen LogP contribution in [0.15, 0.2) is 24.3 Å². The van der Waals surface area contributed by atoms with Gasteiger partial charge in [0.25, 0.3) is 0 Å². The Labute approximate surface area is 119 Å². The zero-order chi connectivity index (χ0) is 15.3. The smallest absolute Gasteiger partial charge is 0.407 e. The zero-order valence-corrected chi connectivity index (χ0v) is 12.4. The maximum absolute atomic E-state index is 11.5. The van der Waals surface area contributed by atoms with Crippen LogP contribution in [0.1, 0.15) is 38.0 Å². The highest BCUT2D eigenvalue weighted by atomic mass is 16.6. The molecule has 0 saturated carbocycles. The Kier molecular flexibility index (Phi) is 5.53. The van der Waals surface area contributed by atoms with E-state index in [9.17, 15) is 15.0 Å². The van der Waals surface area contributed by atoms with Crippen LogP contribution in [0.3, 0.4) is 0 Å². The molecule has 2 atom stereocenters. The predicted molar refractivity (Wildman–Crippen MR) is 76.4 cm³/mol. The second-order valence-corrected chi connectivity index (χ2v) is 5.81. The van der Waals surface area contributed by atoms with E-state index in [1.165, 1.54) is 0 Å². The van der Waals surface area contributed by atoms with Crippen LogP contribution in [0.2, 0.25) is 0 Å². The standard InChI is InChI=1S/C15H23NO4/c1-10-6-5-7-11(8-10)13(18)12(17)9-16-14(19)20-15(2,3)4/h5-8,12-13,17-18H,9H2,1-4H3,(H,16,19). The molecule has 20 heavy (non-hydrogen) atoms. The van der Waals surface area contributed by atoms with Crippen molar-refractivity contribution in [2.24, 2.45) is 0 Å². The van der Waals surface area contributed by atoms with Crippen LogP contribution in [0, 0.1) is 6.92 Å². The van der Waals surface area contributed by atoms with Crippen LogP contribution < -0.4 is 5.32 Å². The highest BCUT2D eigenvalue weighted by Crippen LogP contribution is 2.17. The molecule has 1 amide bonds. The average Bonchev–Trinajstić information content (AvgIpc) is 2.33. The van der Waals surface area contributed by atoms with Gasteiger partial charge in [-0.2, -0.15) is 0 Å². The van der Waals surface area contributed by atoms with Gasteiger partial charge in [0.1, 0.15) is 17.8 Å². The molecule has 0 spiro atoms. The number of aliphatic hydroxyl groups is 2. The predicted octanol–water partition coefficient (Wildman–Crippen LogP) is 1.91. The van der Waals surface area contributed by atoms with Crippen LogP contribution in [0.25, 0.3) is 0 Å². The number of ether oxygens (including phenoxy) is 1. The monoisotopic (exact) mass is 281 g/mol. The summed E-state index contributed by atoms with van der Waals surface area (Å²) in [5.74, 6) is 0. The van der Waals surface area contributed by atoms with E-state index in [1.807, 2.05) is 19.1 Å². The van der Waals surface area contributed by atoms with E-state index in [4.69, 9.17) is 4.74 Å². The second kappa shape index (κ2) is 6.72. The van der Waals surface area contributed by atoms with Gasteiger partial charge in [0.15, 0.2) is 0 Å². The maximum atomic E-state index is 11.5. The van der Waals surface area contributed by atoms with E-state index in [-0.39, 0.29) is 6.54 Å². The number of amides is 1. The van der Waals surface area contributed by atoms with Gasteiger partial charge in [-0.3, -0.25) is 0 Å². The molecule has 2 unspecified atom stereocenters. The van der Waals surface area contributed by atoms with E-state index < -0.39 is 23.9 Å². The summed E-state index contributed by atoms with van der Waals surface area (Å²) in [4.78, 5) is 11.5. The third-order valence-corrected chi connectivity index (χ3v) is 2.60. The summed E-state index contributed by atoms with van der Waals surface area (Å²) < 4.78 is 5.05. The summed E-state index contributed by atoms with van der Waals surface area (Å²) in [6.45, 7) is 7.09. The summed E-state index contributed by atoms with van der Waals surface area (Å²) in [7, 11) is 0. The molecule has 5 nitrogen and oxygen atoms in total. The minimum atomic E-state index is -1.09. The molecular weight excluding hydrogens is 258 g/mol. The lowest BCUT2D eigenvalue weighted by Crippen LogP contribution is -2.38. The van der Waals surface area contributed by atoms with Crippen molar-refractivity contribution in [3.63, 3.8) is 0 Å². The Bertz CT molecular complexity index is 453. The fourth-order valence-electron chi connectivity index (χ4n) is 1.69. The molecule has 0 aliphatic rings. The van der Waals surface area contributed by atoms with Crippen molar-refractivity contribution in [1.82, 2.24) is 5.32 Å². The SMILES string of the molecule is Cc1cccc(C(O)C(O)CNC(=O)OC(C)(C)C)c1. The summed E-state index contributed by atoms with van der Waals surface area (Å²) in [5, 5.41) is 22.3. The number of rotatable bonds is 4. The Balaban J connectivity index is 2.50. The lowest BCUT2D eigenvalue weighted by Gasteiger charge is -2.22. The van der Waals surface area contributed by atoms with Crippen molar-refractivity contribution in [3.05, 3.63) is 35.4 Å². The van der Waals surface area contributed by atoms with Crippen molar-refractivity contribution in [2.75, 3.05) is 6.54 Å². The molecule has 1 rings (SSSR count). The first-order chi connectivity index (χ1) is 9.19. The highest BCUT2D eigenvalue weighted by molar-refractivity contribution is 5.67. The normalized spacial score (nSPS) is 14.5. The fraction of sp³-hybridized carbons (Fsp3) is 0.533. The fourth-order valence-corrected chi connectivity index (χ4v) is 1.69. The van der Waals surface area contributed by atoms with Gasteiger partial charge in [-0.25, -0.2) is 4.79 Å². The highest BCUT2D eigenvalue weighted by Gasteiger charge is 2.21. The van der Waals surface area contributed by atoms with Crippen molar-refractivity contribution in [3.8, 4) is 0 Å². The van der Waals surface area contributed by atoms with Crippen molar-refractivity contribution >= 4 is 6.09 Å². The molecule has 0 bridgehead atoms. The third-order valence-electron chi connectivity index (χ3n) is 2.60. The minimum absolute atomic E-state index is 0.0793. The molecule has 0 aliphatic heterocycles. The molecule has 112 valence electrons. The number of nitrogens with one attached hydrogen (secondary N) is 1. The molecule has 1 aromatic carbocycles. The van der Waals surface area contributed by atoms with Crippen LogP contribution in [-0.2, 0) is 4.74 Å². The van der Waals surface area contributed by atoms with Gasteiger partial charge in [-0.05, 0) is 33.3 Å². The van der Waals surface area contributed by atoms with E-state index in [0.717, 1.165) is 5.56 Å². The Morgan fingerprint density at radius 2 is 2.00 bits per heavy atom. The Hall–Kier alpha value is -1.59. The van der Waals surface area contributed by atoms with Gasteiger partial charge in [0, 0.05) is 6.54 Å². The Morgan fingerprint density at radius 1 is 1.35 bits per heavy atom. The minimum Gasteiger partial charge on any atom is -0.444 e. The topological polar surface area (TPSA) is 78.8 Å². The molecule has 0 heterocycles. The van der Waals surface area contributed by atoms with E-state index >= 15 is 0 Å². The van der Waals surface area contributed by atoms with Gasteiger partial charge in [-0.15, -0.1) is 0 Å². The van der Waals surface area contributed by atoms with Crippen molar-refractivity contribution < 1.29 is 19.7 Å². The van der Waals surface area contributed by atoms with Crippen LogP contribution >= 0.6 is 0 Å². The largest absolute Gasteiger partial charge is 0.444 e. The van der Waals surface area contributed by atoms with Gasteiger partial charge in [-0.1, -0.05) is 29.8 Å². The molecule has 5 heteroatoms. The van der Waals surface area contributed by atoms with Gasteiger partial charge in [0.05, 0.1) is 0 Å². The number of hydrogen-bond acceptors (Lipinski definition) is 4. The van der Waals surface area contributed by atoms with Crippen molar-refractivity contribution in [1.29, 1.82) is 0 Å². The molecular formula is C15H23NO4. The van der Waals surface area contributed by atoms with Gasteiger partial charge in [0.2, 0.25) is 0 Å². The zero-order valence-electron chi connectivity index (χ0n) is 12.4. The summed E-state index contributed by atoms with van der Waals surface area (Å²) in [6, 6.07) is 7.24. The Morgan fingerprint density at radius 3 is 2.55 bits per heavy atom. The van der Waals surface area contributed by atoms with Crippen molar-refractivity contribution in [2.45, 2.75) is 45.5 Å². The van der Waals surface area contributed by atoms with E-state index in [2.05, 4.69) is 5.32 Å². The maximum Gasteiger partial charge on any atom is 0.407 e. The first-order valence-corrected chi connectivity index (χ1v) is 6.58. The summed E-state index contributed by atoms with van der Waals surface area (Å²) in [5.41, 5.74) is 1.02. The lowest BCUT2D eigenvalue weighted by molar-refractivity contribution is 0.0129. The molecule has 0 aliphatic carbocycles. The van der Waals surface area contributed by atoms with Crippen LogP contribution in [0.4, 0.5) is 4.79 Å². The molecule has 0 radical (unpaired) electrons. The summed E-state index contributed by atoms with van der Waals surface area (Å²) in [6.07, 6.45) is -2.76. The van der Waals surface area contributed by atoms with E-state index in [0.29, 0.717) is 5.56 Å². The number of benzene rings is 1. The molecule has 1 aromatic rings. The molecule has 0 fully saturated rings. The number of hydrogen-bond donors (Lipinski definition) is 3. The van der Waals surface area contributed by atoms with Gasteiger partial charge >= 0.3 is 6.09 Å². The van der Waals surface area contributed by atoms with Crippen LogP contribution in [-0.4, -0.2) is 34.6 Å². The summed E-state index contributed by atoms with van der Waals surface area (Å²) >= 11 is 0.